The molecule has 0 unspecified atom stereocenters. The van der Waals surface area contributed by atoms with Gasteiger partial charge in [0.15, 0.2) is 0 Å². The number of nitrogens with two attached hydrogens (primary N) is 1. The molecule has 3 N–H and O–H groups in total. The summed E-state index contributed by atoms with van der Waals surface area (Å²) in [4.78, 5) is 0. The Hall–Kier alpha value is -0.290. The van der Waals surface area contributed by atoms with E-state index in [0.717, 1.165) is 6.42 Å². The fourth-order valence-corrected chi connectivity index (χ4v) is 0.829. The molecule has 2 nitrogen and oxygen atoms in total. The Balaban J connectivity index is 0.000001000. The molecular formula is C8H12INO. The molecule has 0 saturated heterocycles. The van der Waals surface area contributed by atoms with E-state index in [9.17, 15) is 0 Å². The lowest BCUT2D eigenvalue weighted by atomic mass is 10.1. The molecule has 62 valence electrons. The van der Waals surface area contributed by atoms with Gasteiger partial charge in [-0.25, -0.2) is 0 Å². The summed E-state index contributed by atoms with van der Waals surface area (Å²) in [6.07, 6.45) is 0.875. The van der Waals surface area contributed by atoms with Crippen molar-refractivity contribution in [2.24, 2.45) is 5.73 Å². The smallest absolute Gasteiger partial charge is 0.115 e. The van der Waals surface area contributed by atoms with Crippen molar-refractivity contribution in [2.45, 2.75) is 6.42 Å². The normalized spacial score (nSPS) is 8.82. The number of halogens is 1. The first kappa shape index (κ1) is 10.7. The van der Waals surface area contributed by atoms with Crippen LogP contribution in [-0.2, 0) is 6.42 Å². The fraction of sp³-hybridized carbons (Fsp3) is 0.250. The predicted molar refractivity (Wildman–Crippen MR) is 56.3 cm³/mol. The van der Waals surface area contributed by atoms with E-state index in [1.165, 1.54) is 5.56 Å². The van der Waals surface area contributed by atoms with Crippen molar-refractivity contribution >= 4 is 24.0 Å². The van der Waals surface area contributed by atoms with Gasteiger partial charge in [0.2, 0.25) is 0 Å². The SMILES string of the molecule is I.NCCc1ccc(O)cc1. The summed E-state index contributed by atoms with van der Waals surface area (Å²) in [5, 5.41) is 8.89. The lowest BCUT2D eigenvalue weighted by molar-refractivity contribution is 0.475. The molecule has 1 aromatic carbocycles. The van der Waals surface area contributed by atoms with Gasteiger partial charge >= 0.3 is 0 Å². The van der Waals surface area contributed by atoms with E-state index in [2.05, 4.69) is 0 Å². The van der Waals surface area contributed by atoms with Crippen molar-refractivity contribution in [3.63, 3.8) is 0 Å². The minimum absolute atomic E-state index is 0. The number of hydrogen-bond donors (Lipinski definition) is 2. The first-order chi connectivity index (χ1) is 4.83. The van der Waals surface area contributed by atoms with Gasteiger partial charge in [0.05, 0.1) is 0 Å². The quantitative estimate of drug-likeness (QED) is 0.796. The van der Waals surface area contributed by atoms with Crippen LogP contribution in [0.3, 0.4) is 0 Å². The minimum Gasteiger partial charge on any atom is -0.508 e. The van der Waals surface area contributed by atoms with Crippen molar-refractivity contribution in [3.05, 3.63) is 29.8 Å². The molecule has 0 heterocycles. The Morgan fingerprint density at radius 3 is 2.18 bits per heavy atom. The number of phenolic OH excluding ortho intramolecular Hbond substituents is 1. The summed E-state index contributed by atoms with van der Waals surface area (Å²) in [6.45, 7) is 0.658. The summed E-state index contributed by atoms with van der Waals surface area (Å²) in [6, 6.07) is 7.10. The van der Waals surface area contributed by atoms with Gasteiger partial charge in [0, 0.05) is 0 Å². The van der Waals surface area contributed by atoms with Crippen LogP contribution in [0.1, 0.15) is 5.56 Å². The van der Waals surface area contributed by atoms with E-state index in [4.69, 9.17) is 10.8 Å². The lowest BCUT2D eigenvalue weighted by Crippen LogP contribution is -2.01. The summed E-state index contributed by atoms with van der Waals surface area (Å²) in [7, 11) is 0. The van der Waals surface area contributed by atoms with Crippen LogP contribution < -0.4 is 5.73 Å². The number of hydrogen-bond acceptors (Lipinski definition) is 2. The number of rotatable bonds is 2. The highest BCUT2D eigenvalue weighted by molar-refractivity contribution is 14.0. The van der Waals surface area contributed by atoms with Crippen LogP contribution in [0.25, 0.3) is 0 Å². The molecule has 1 aromatic rings. The standard InChI is InChI=1S/C8H11NO.HI/c9-6-5-7-1-3-8(10)4-2-7;/h1-4,10H,5-6,9H2;1H. The van der Waals surface area contributed by atoms with E-state index in [1.54, 1.807) is 12.1 Å². The second-order valence-electron chi connectivity index (χ2n) is 2.21. The summed E-state index contributed by atoms with van der Waals surface area (Å²) in [5.41, 5.74) is 6.50. The van der Waals surface area contributed by atoms with E-state index < -0.39 is 0 Å². The first-order valence-corrected chi connectivity index (χ1v) is 3.31. The van der Waals surface area contributed by atoms with Crippen molar-refractivity contribution in [2.75, 3.05) is 6.54 Å². The molecule has 0 saturated carbocycles. The Morgan fingerprint density at radius 1 is 1.18 bits per heavy atom. The van der Waals surface area contributed by atoms with E-state index in [-0.39, 0.29) is 24.0 Å². The van der Waals surface area contributed by atoms with Crippen molar-refractivity contribution in [1.82, 2.24) is 0 Å². The monoisotopic (exact) mass is 265 g/mol. The second kappa shape index (κ2) is 5.37. The van der Waals surface area contributed by atoms with Gasteiger partial charge in [-0.2, -0.15) is 0 Å². The van der Waals surface area contributed by atoms with Crippen molar-refractivity contribution in [1.29, 1.82) is 0 Å². The van der Waals surface area contributed by atoms with Gasteiger partial charge in [-0.05, 0) is 30.7 Å². The van der Waals surface area contributed by atoms with Gasteiger partial charge in [-0.15, -0.1) is 24.0 Å². The minimum atomic E-state index is 0. The molecule has 0 spiro atoms. The topological polar surface area (TPSA) is 46.2 Å². The van der Waals surface area contributed by atoms with E-state index >= 15 is 0 Å². The van der Waals surface area contributed by atoms with E-state index in [1.807, 2.05) is 12.1 Å². The average Bonchev–Trinajstić information content (AvgIpc) is 1.95. The third kappa shape index (κ3) is 3.57. The molecule has 3 heteroatoms. The fourth-order valence-electron chi connectivity index (χ4n) is 0.829. The summed E-state index contributed by atoms with van der Waals surface area (Å²) >= 11 is 0. The molecule has 0 aliphatic rings. The maximum Gasteiger partial charge on any atom is 0.115 e. The van der Waals surface area contributed by atoms with Crippen LogP contribution in [-0.4, -0.2) is 11.7 Å². The Kier molecular flexibility index (Phi) is 5.23. The molecule has 0 aromatic heterocycles. The molecule has 11 heavy (non-hydrogen) atoms. The molecule has 0 atom stereocenters. The maximum atomic E-state index is 8.89. The van der Waals surface area contributed by atoms with Crippen molar-refractivity contribution < 1.29 is 5.11 Å². The maximum absolute atomic E-state index is 8.89. The lowest BCUT2D eigenvalue weighted by Gasteiger charge is -1.96. The third-order valence-electron chi connectivity index (χ3n) is 1.37. The highest BCUT2D eigenvalue weighted by Gasteiger charge is 1.89. The Bertz CT molecular complexity index is 198. The van der Waals surface area contributed by atoms with Crippen molar-refractivity contribution in [3.8, 4) is 5.75 Å². The Morgan fingerprint density at radius 2 is 1.73 bits per heavy atom. The number of benzene rings is 1. The Labute approximate surface area is 83.4 Å². The van der Waals surface area contributed by atoms with Crippen LogP contribution in [0, 0.1) is 0 Å². The van der Waals surface area contributed by atoms with Crippen LogP contribution in [0.15, 0.2) is 24.3 Å². The first-order valence-electron chi connectivity index (χ1n) is 3.31. The zero-order valence-electron chi connectivity index (χ0n) is 6.16. The van der Waals surface area contributed by atoms with Crippen LogP contribution in [0.4, 0.5) is 0 Å². The van der Waals surface area contributed by atoms with Gasteiger partial charge in [-0.1, -0.05) is 12.1 Å². The highest BCUT2D eigenvalue weighted by Crippen LogP contribution is 2.09. The van der Waals surface area contributed by atoms with Crippen LogP contribution >= 0.6 is 24.0 Å². The van der Waals surface area contributed by atoms with Crippen LogP contribution in [0.2, 0.25) is 0 Å². The summed E-state index contributed by atoms with van der Waals surface area (Å²) < 4.78 is 0. The molecule has 0 radical (unpaired) electrons. The van der Waals surface area contributed by atoms with Crippen LogP contribution in [0.5, 0.6) is 5.75 Å². The molecule has 1 rings (SSSR count). The highest BCUT2D eigenvalue weighted by atomic mass is 127. The molecule has 0 amide bonds. The summed E-state index contributed by atoms with van der Waals surface area (Å²) in [5.74, 6) is 0.306. The van der Waals surface area contributed by atoms with Gasteiger partial charge < -0.3 is 10.8 Å². The zero-order valence-corrected chi connectivity index (χ0v) is 8.49. The number of phenols is 1. The van der Waals surface area contributed by atoms with Gasteiger partial charge in [0.1, 0.15) is 5.75 Å². The predicted octanol–water partition coefficient (Wildman–Crippen LogP) is 1.51. The molecule has 0 fully saturated rings. The third-order valence-corrected chi connectivity index (χ3v) is 1.37. The second-order valence-corrected chi connectivity index (χ2v) is 2.21. The number of aromatic hydroxyl groups is 1. The molecular weight excluding hydrogens is 253 g/mol. The zero-order chi connectivity index (χ0) is 7.40. The van der Waals surface area contributed by atoms with Gasteiger partial charge in [0.25, 0.3) is 0 Å². The van der Waals surface area contributed by atoms with Gasteiger partial charge in [-0.3, -0.25) is 0 Å². The molecule has 0 aliphatic heterocycles. The van der Waals surface area contributed by atoms with E-state index in [0.29, 0.717) is 12.3 Å². The largest absolute Gasteiger partial charge is 0.508 e. The average molecular weight is 265 g/mol. The molecule has 0 aliphatic carbocycles. The molecule has 0 bridgehead atoms.